The van der Waals surface area contributed by atoms with Crippen molar-refractivity contribution < 1.29 is 0 Å². The van der Waals surface area contributed by atoms with Gasteiger partial charge in [0, 0.05) is 11.3 Å². The van der Waals surface area contributed by atoms with Gasteiger partial charge in [-0.1, -0.05) is 6.08 Å². The fraction of sp³-hybridized carbons (Fsp3) is 0.111. The number of nitrogens with two attached hydrogens (primary N) is 1. The molecule has 0 radical (unpaired) electrons. The van der Waals surface area contributed by atoms with Crippen molar-refractivity contribution in [3.05, 3.63) is 46.2 Å². The summed E-state index contributed by atoms with van der Waals surface area (Å²) in [5.41, 5.74) is 12.2. The van der Waals surface area contributed by atoms with Crippen molar-refractivity contribution in [3.8, 4) is 0 Å². The van der Waals surface area contributed by atoms with Crippen LogP contribution in [0.2, 0.25) is 0 Å². The average molecular weight is 129 g/mol. The Morgan fingerprint density at radius 1 is 1.20 bits per heavy atom. The fourth-order valence-electron chi connectivity index (χ4n) is 1.88. The molecular formula is C9H7N. The Bertz CT molecular complexity index is 348. The minimum absolute atomic E-state index is 0.953. The molecule has 0 aromatic rings. The molecule has 1 heteroatoms. The number of hydrogen-bond donors (Lipinski definition) is 1. The highest BCUT2D eigenvalue weighted by Crippen LogP contribution is 2.45. The van der Waals surface area contributed by atoms with E-state index in [1.807, 2.05) is 0 Å². The summed E-state index contributed by atoms with van der Waals surface area (Å²) in [6.07, 6.45) is 7.63. The second-order valence-electron chi connectivity index (χ2n) is 2.99. The van der Waals surface area contributed by atoms with Crippen LogP contribution in [0.5, 0.6) is 0 Å². The molecule has 0 aliphatic heterocycles. The number of allylic oxidation sites excluding steroid dienone is 6. The van der Waals surface area contributed by atoms with Crippen LogP contribution in [0.15, 0.2) is 46.2 Å². The highest BCUT2D eigenvalue weighted by molar-refractivity contribution is 5.74. The van der Waals surface area contributed by atoms with Gasteiger partial charge >= 0.3 is 0 Å². The van der Waals surface area contributed by atoms with E-state index in [1.165, 1.54) is 22.3 Å². The second kappa shape index (κ2) is 1.12. The van der Waals surface area contributed by atoms with E-state index in [-0.39, 0.29) is 0 Å². The third-order valence-corrected chi connectivity index (χ3v) is 2.33. The van der Waals surface area contributed by atoms with Crippen LogP contribution < -0.4 is 5.73 Å². The van der Waals surface area contributed by atoms with Crippen LogP contribution in [0.4, 0.5) is 0 Å². The van der Waals surface area contributed by atoms with Crippen LogP contribution >= 0.6 is 0 Å². The molecule has 1 nitrogen and oxygen atoms in total. The van der Waals surface area contributed by atoms with E-state index in [0.717, 1.165) is 12.1 Å². The third kappa shape index (κ3) is 0.313. The summed E-state index contributed by atoms with van der Waals surface area (Å²) in [6.45, 7) is 0. The van der Waals surface area contributed by atoms with E-state index < -0.39 is 0 Å². The second-order valence-corrected chi connectivity index (χ2v) is 2.99. The van der Waals surface area contributed by atoms with Crippen molar-refractivity contribution >= 4 is 0 Å². The average Bonchev–Trinajstić information content (AvgIpc) is 2.44. The Labute approximate surface area is 59.2 Å². The van der Waals surface area contributed by atoms with Gasteiger partial charge < -0.3 is 5.73 Å². The Balaban J connectivity index is 2.36. The highest BCUT2D eigenvalue weighted by atomic mass is 14.6. The SMILES string of the molecule is NC1=CC2=C3C=C(C=C13)C2. The lowest BCUT2D eigenvalue weighted by Crippen LogP contribution is -1.96. The van der Waals surface area contributed by atoms with Crippen molar-refractivity contribution in [2.45, 2.75) is 6.42 Å². The molecule has 3 aliphatic carbocycles. The van der Waals surface area contributed by atoms with Crippen LogP contribution in [0.3, 0.4) is 0 Å². The van der Waals surface area contributed by atoms with E-state index in [2.05, 4.69) is 18.2 Å². The molecule has 0 atom stereocenters. The first-order chi connectivity index (χ1) is 4.84. The lowest BCUT2D eigenvalue weighted by Gasteiger charge is -1.99. The molecule has 0 saturated carbocycles. The molecule has 0 spiro atoms. The minimum atomic E-state index is 0.953. The van der Waals surface area contributed by atoms with Crippen molar-refractivity contribution in [2.75, 3.05) is 0 Å². The summed E-state index contributed by atoms with van der Waals surface area (Å²) in [5, 5.41) is 0. The first kappa shape index (κ1) is 4.56. The summed E-state index contributed by atoms with van der Waals surface area (Å²) >= 11 is 0. The van der Waals surface area contributed by atoms with Gasteiger partial charge in [-0.2, -0.15) is 0 Å². The van der Waals surface area contributed by atoms with Gasteiger partial charge in [-0.15, -0.1) is 0 Å². The normalized spacial score (nSPS) is 25.4. The summed E-state index contributed by atoms with van der Waals surface area (Å²) in [7, 11) is 0. The first-order valence-electron chi connectivity index (χ1n) is 3.48. The van der Waals surface area contributed by atoms with Gasteiger partial charge in [0.05, 0.1) is 0 Å². The zero-order valence-electron chi connectivity index (χ0n) is 5.52. The van der Waals surface area contributed by atoms with Crippen molar-refractivity contribution in [2.24, 2.45) is 5.73 Å². The fourth-order valence-corrected chi connectivity index (χ4v) is 1.88. The maximum absolute atomic E-state index is 5.75. The summed E-state index contributed by atoms with van der Waals surface area (Å²) < 4.78 is 0. The Kier molecular flexibility index (Phi) is 0.512. The Morgan fingerprint density at radius 3 is 2.70 bits per heavy atom. The molecule has 0 fully saturated rings. The molecule has 0 heterocycles. The summed E-state index contributed by atoms with van der Waals surface area (Å²) in [4.78, 5) is 0. The lowest BCUT2D eigenvalue weighted by atomic mass is 10.1. The van der Waals surface area contributed by atoms with Crippen molar-refractivity contribution in [1.29, 1.82) is 0 Å². The van der Waals surface area contributed by atoms with Gasteiger partial charge in [0.15, 0.2) is 0 Å². The van der Waals surface area contributed by atoms with Gasteiger partial charge in [-0.25, -0.2) is 0 Å². The maximum atomic E-state index is 5.75. The van der Waals surface area contributed by atoms with Gasteiger partial charge in [-0.05, 0) is 35.3 Å². The van der Waals surface area contributed by atoms with Crippen LogP contribution in [0.1, 0.15) is 6.42 Å². The lowest BCUT2D eigenvalue weighted by molar-refractivity contribution is 1.24. The molecule has 0 saturated heterocycles. The zero-order chi connectivity index (χ0) is 6.72. The molecule has 10 heavy (non-hydrogen) atoms. The van der Waals surface area contributed by atoms with Gasteiger partial charge in [-0.3, -0.25) is 0 Å². The number of hydrogen-bond acceptors (Lipinski definition) is 1. The quantitative estimate of drug-likeness (QED) is 0.525. The summed E-state index contributed by atoms with van der Waals surface area (Å²) in [6, 6.07) is 0. The van der Waals surface area contributed by atoms with E-state index in [1.54, 1.807) is 0 Å². The molecule has 2 N–H and O–H groups in total. The molecule has 0 aromatic carbocycles. The van der Waals surface area contributed by atoms with Crippen LogP contribution in [-0.4, -0.2) is 0 Å². The smallest absolute Gasteiger partial charge is 0.0397 e. The molecule has 3 aliphatic rings. The van der Waals surface area contributed by atoms with Gasteiger partial charge in [0.25, 0.3) is 0 Å². The molecule has 48 valence electrons. The minimum Gasteiger partial charge on any atom is -0.398 e. The predicted molar refractivity (Wildman–Crippen MR) is 40.1 cm³/mol. The first-order valence-corrected chi connectivity index (χ1v) is 3.48. The van der Waals surface area contributed by atoms with Gasteiger partial charge in [0.1, 0.15) is 0 Å². The standard InChI is InChI=1S/C9H7N/c10-9-4-6-1-5-2-7(6)8(9)3-5/h2-4H,1,10H2. The maximum Gasteiger partial charge on any atom is 0.0397 e. The molecule has 0 unspecified atom stereocenters. The molecule has 0 aromatic heterocycles. The molecule has 3 rings (SSSR count). The predicted octanol–water partition coefficient (Wildman–Crippen LogP) is 1.41. The topological polar surface area (TPSA) is 26.0 Å². The zero-order valence-corrected chi connectivity index (χ0v) is 5.52. The molecular weight excluding hydrogens is 122 g/mol. The van der Waals surface area contributed by atoms with E-state index in [0.29, 0.717) is 0 Å². The molecule has 2 bridgehead atoms. The van der Waals surface area contributed by atoms with Crippen molar-refractivity contribution in [1.82, 2.24) is 0 Å². The van der Waals surface area contributed by atoms with E-state index in [4.69, 9.17) is 5.73 Å². The van der Waals surface area contributed by atoms with Crippen molar-refractivity contribution in [3.63, 3.8) is 0 Å². The van der Waals surface area contributed by atoms with Crippen LogP contribution in [0.25, 0.3) is 0 Å². The third-order valence-electron chi connectivity index (χ3n) is 2.33. The monoisotopic (exact) mass is 129 g/mol. The molecule has 0 amide bonds. The highest BCUT2D eigenvalue weighted by Gasteiger charge is 2.28. The Hall–Kier alpha value is -1.24. The van der Waals surface area contributed by atoms with Crippen LogP contribution in [0, 0.1) is 0 Å². The van der Waals surface area contributed by atoms with Gasteiger partial charge in [0.2, 0.25) is 0 Å². The largest absolute Gasteiger partial charge is 0.398 e. The number of rotatable bonds is 0. The van der Waals surface area contributed by atoms with Crippen LogP contribution in [-0.2, 0) is 0 Å². The van der Waals surface area contributed by atoms with E-state index >= 15 is 0 Å². The summed E-state index contributed by atoms with van der Waals surface area (Å²) in [5.74, 6) is 0. The Morgan fingerprint density at radius 2 is 2.10 bits per heavy atom. The van der Waals surface area contributed by atoms with E-state index in [9.17, 15) is 0 Å².